The molecule has 0 atom stereocenters. The van der Waals surface area contributed by atoms with E-state index in [1.165, 1.54) is 18.4 Å². The van der Waals surface area contributed by atoms with Crippen LogP contribution in [0, 0.1) is 13.8 Å². The van der Waals surface area contributed by atoms with Gasteiger partial charge >= 0.3 is 0 Å². The fourth-order valence-electron chi connectivity index (χ4n) is 3.57. The first kappa shape index (κ1) is 19.4. The minimum absolute atomic E-state index is 0.354. The molecule has 2 aromatic rings. The van der Waals surface area contributed by atoms with Gasteiger partial charge in [-0.1, -0.05) is 11.6 Å². The molecule has 0 unspecified atom stereocenters. The molecule has 0 spiro atoms. The predicted octanol–water partition coefficient (Wildman–Crippen LogP) is 5.79. The van der Waals surface area contributed by atoms with Gasteiger partial charge in [-0.25, -0.2) is 4.99 Å². The first-order chi connectivity index (χ1) is 12.5. The lowest BCUT2D eigenvalue weighted by molar-refractivity contribution is 0.396. The van der Waals surface area contributed by atoms with E-state index in [2.05, 4.69) is 62.7 Å². The van der Waals surface area contributed by atoms with Crippen molar-refractivity contribution >= 4 is 46.1 Å². The molecule has 3 rings (SSSR count). The van der Waals surface area contributed by atoms with Crippen LogP contribution in [-0.2, 0) is 0 Å². The summed E-state index contributed by atoms with van der Waals surface area (Å²) >= 11 is 8.07. The van der Waals surface area contributed by atoms with E-state index in [0.717, 1.165) is 40.9 Å². The molecule has 0 bridgehead atoms. The summed E-state index contributed by atoms with van der Waals surface area (Å²) in [5, 5.41) is 4.06. The number of benzene rings is 1. The van der Waals surface area contributed by atoms with E-state index in [1.807, 2.05) is 24.3 Å². The van der Waals surface area contributed by atoms with Crippen molar-refractivity contribution < 1.29 is 0 Å². The van der Waals surface area contributed by atoms with Gasteiger partial charge in [-0.2, -0.15) is 0 Å². The van der Waals surface area contributed by atoms with Gasteiger partial charge in [0.25, 0.3) is 0 Å². The van der Waals surface area contributed by atoms with Crippen LogP contribution in [0.3, 0.4) is 0 Å². The number of hydrogen-bond donors (Lipinski definition) is 2. The van der Waals surface area contributed by atoms with Crippen LogP contribution in [0.25, 0.3) is 0 Å². The summed E-state index contributed by atoms with van der Waals surface area (Å²) in [6, 6.07) is 12.5. The Hall–Kier alpha value is -1.34. The molecule has 1 heterocycles. The van der Waals surface area contributed by atoms with Gasteiger partial charge in [0.05, 0.1) is 28.9 Å². The lowest BCUT2D eigenvalue weighted by Crippen LogP contribution is -2.27. The number of halogens is 2. The van der Waals surface area contributed by atoms with Crippen molar-refractivity contribution in [2.75, 3.05) is 5.32 Å². The monoisotopic (exact) mass is 482 g/mol. The minimum Gasteiger partial charge on any atom is -0.326 e. The third kappa shape index (κ3) is 5.33. The van der Waals surface area contributed by atoms with Crippen molar-refractivity contribution in [1.82, 2.24) is 8.51 Å². The molecule has 1 fully saturated rings. The van der Waals surface area contributed by atoms with Crippen molar-refractivity contribution in [1.29, 1.82) is 0 Å². The molecule has 1 aromatic heterocycles. The van der Waals surface area contributed by atoms with Gasteiger partial charge in [-0.15, -0.1) is 0 Å². The summed E-state index contributed by atoms with van der Waals surface area (Å²) in [6.07, 6.45) is 4.56. The summed E-state index contributed by atoms with van der Waals surface area (Å²) in [7, 11) is 0. The smallest absolute Gasteiger partial charge is 0.204 e. The zero-order valence-corrected chi connectivity index (χ0v) is 18.0. The van der Waals surface area contributed by atoms with Crippen LogP contribution in [0.15, 0.2) is 41.4 Å². The van der Waals surface area contributed by atoms with Crippen LogP contribution < -0.4 is 8.85 Å². The normalized spacial score (nSPS) is 20.7. The molecule has 0 aliphatic heterocycles. The first-order valence-corrected chi connectivity index (χ1v) is 10.4. The molecule has 26 heavy (non-hydrogen) atoms. The van der Waals surface area contributed by atoms with Crippen LogP contribution in [0.4, 0.5) is 5.69 Å². The average Bonchev–Trinajstić information content (AvgIpc) is 2.63. The fraction of sp³-hybridized carbons (Fsp3) is 0.400. The predicted molar refractivity (Wildman–Crippen MR) is 118 cm³/mol. The van der Waals surface area contributed by atoms with Gasteiger partial charge in [-0.05, 0) is 87.4 Å². The second-order valence-corrected chi connectivity index (χ2v) is 7.87. The minimum atomic E-state index is 0.354. The van der Waals surface area contributed by atoms with E-state index >= 15 is 0 Å². The van der Waals surface area contributed by atoms with E-state index in [-0.39, 0.29) is 0 Å². The van der Waals surface area contributed by atoms with Crippen molar-refractivity contribution in [2.45, 2.75) is 51.5 Å². The Morgan fingerprint density at radius 3 is 2.27 bits per heavy atom. The number of hydrogen-bond acceptors (Lipinski definition) is 2. The van der Waals surface area contributed by atoms with Crippen LogP contribution in [0.5, 0.6) is 0 Å². The highest BCUT2D eigenvalue weighted by atomic mass is 127. The van der Waals surface area contributed by atoms with Crippen molar-refractivity contribution in [3.8, 4) is 0 Å². The molecule has 2 N–H and O–H groups in total. The standard InChI is InChI=1S/C20H24ClIN4/c1-13-11-16(12-14(2)23-13)15-3-7-18(8-4-15)24-20(26-22)25-19-9-5-17(21)6-10-19/h5-6,9-12,15,18H,3-4,7-8H2,1-2H3,(H2,24,25,26). The highest BCUT2D eigenvalue weighted by Gasteiger charge is 2.23. The van der Waals surface area contributed by atoms with Crippen molar-refractivity contribution in [3.63, 3.8) is 0 Å². The van der Waals surface area contributed by atoms with Gasteiger partial charge in [0.2, 0.25) is 5.96 Å². The third-order valence-corrected chi connectivity index (χ3v) is 5.54. The molecule has 0 saturated heterocycles. The van der Waals surface area contributed by atoms with E-state index in [9.17, 15) is 0 Å². The maximum atomic E-state index is 5.94. The molecular weight excluding hydrogens is 459 g/mol. The maximum Gasteiger partial charge on any atom is 0.204 e. The Labute approximate surface area is 174 Å². The molecule has 1 saturated carbocycles. The summed E-state index contributed by atoms with van der Waals surface area (Å²) in [4.78, 5) is 9.37. The highest BCUT2D eigenvalue weighted by molar-refractivity contribution is 14.1. The summed E-state index contributed by atoms with van der Waals surface area (Å²) in [5.74, 6) is 1.43. The third-order valence-electron chi connectivity index (χ3n) is 4.78. The van der Waals surface area contributed by atoms with Gasteiger partial charge in [0, 0.05) is 22.1 Å². The van der Waals surface area contributed by atoms with Crippen molar-refractivity contribution in [3.05, 3.63) is 58.4 Å². The number of nitrogens with zero attached hydrogens (tertiary/aromatic N) is 2. The lowest BCUT2D eigenvalue weighted by atomic mass is 9.82. The van der Waals surface area contributed by atoms with Gasteiger partial charge in [0.15, 0.2) is 0 Å². The quantitative estimate of drug-likeness (QED) is 0.252. The summed E-state index contributed by atoms with van der Waals surface area (Å²) in [6.45, 7) is 4.15. The van der Waals surface area contributed by atoms with Crippen LogP contribution >= 0.6 is 34.5 Å². The Bertz CT molecular complexity index is 748. The van der Waals surface area contributed by atoms with Gasteiger partial charge < -0.3 is 5.32 Å². The van der Waals surface area contributed by atoms with Crippen molar-refractivity contribution in [2.24, 2.45) is 4.99 Å². The van der Waals surface area contributed by atoms with E-state index in [0.29, 0.717) is 12.0 Å². The van der Waals surface area contributed by atoms with E-state index in [4.69, 9.17) is 16.6 Å². The number of pyridine rings is 1. The zero-order valence-electron chi connectivity index (χ0n) is 15.1. The lowest BCUT2D eigenvalue weighted by Gasteiger charge is -2.27. The van der Waals surface area contributed by atoms with Crippen LogP contribution in [-0.4, -0.2) is 17.0 Å². The highest BCUT2D eigenvalue weighted by Crippen LogP contribution is 2.34. The second kappa shape index (κ2) is 9.04. The Morgan fingerprint density at radius 2 is 1.69 bits per heavy atom. The Kier molecular flexibility index (Phi) is 6.75. The number of guanidine groups is 1. The number of aromatic nitrogens is 1. The molecule has 1 aromatic carbocycles. The first-order valence-electron chi connectivity index (χ1n) is 8.95. The molecule has 4 nitrogen and oxygen atoms in total. The van der Waals surface area contributed by atoms with Gasteiger partial charge in [0.1, 0.15) is 0 Å². The molecule has 6 heteroatoms. The topological polar surface area (TPSA) is 49.3 Å². The number of rotatable bonds is 3. The maximum absolute atomic E-state index is 5.94. The fourth-order valence-corrected chi connectivity index (χ4v) is 3.97. The summed E-state index contributed by atoms with van der Waals surface area (Å²) in [5.41, 5.74) is 4.64. The number of aliphatic imine (C=N–C) groups is 1. The van der Waals surface area contributed by atoms with Crippen LogP contribution in [0.2, 0.25) is 5.02 Å². The molecule has 138 valence electrons. The molecule has 0 radical (unpaired) electrons. The SMILES string of the molecule is Cc1cc(C2CCC(N=C(NI)Nc3ccc(Cl)cc3)CC2)cc(C)n1. The second-order valence-electron chi connectivity index (χ2n) is 6.89. The zero-order chi connectivity index (χ0) is 18.5. The number of aryl methyl sites for hydroxylation is 2. The number of anilines is 1. The van der Waals surface area contributed by atoms with E-state index < -0.39 is 0 Å². The Balaban J connectivity index is 1.61. The van der Waals surface area contributed by atoms with Crippen LogP contribution in [0.1, 0.15) is 48.6 Å². The molecule has 1 aliphatic rings. The molecule has 1 aliphatic carbocycles. The summed E-state index contributed by atoms with van der Waals surface area (Å²) < 4.78 is 3.14. The Morgan fingerprint density at radius 1 is 1.08 bits per heavy atom. The molecular formula is C20H24ClIN4. The largest absolute Gasteiger partial charge is 0.326 e. The number of nitrogens with one attached hydrogen (secondary N) is 2. The van der Waals surface area contributed by atoms with E-state index in [1.54, 1.807) is 0 Å². The van der Waals surface area contributed by atoms with Gasteiger partial charge in [-0.3, -0.25) is 8.51 Å². The molecule has 0 amide bonds. The average molecular weight is 483 g/mol.